The summed E-state index contributed by atoms with van der Waals surface area (Å²) < 4.78 is 31.9. The fraction of sp³-hybridized carbons (Fsp3) is 0.333. The topological polar surface area (TPSA) is 111 Å². The standard InChI is InChI=1S/C12H16N4O3S/c1-7-4-10(13)5-8(2)12(7)20(17,18)14-6-11-15-9(3)19-16-11/h4-5,14H,6,13H2,1-3H3. The number of hydrogen-bond acceptors (Lipinski definition) is 6. The molecule has 2 aromatic rings. The van der Waals surface area contributed by atoms with E-state index in [1.54, 1.807) is 32.9 Å². The minimum atomic E-state index is -3.65. The molecule has 2 rings (SSSR count). The number of aryl methyl sites for hydroxylation is 3. The molecule has 0 aliphatic rings. The first kappa shape index (κ1) is 14.5. The maximum absolute atomic E-state index is 12.3. The largest absolute Gasteiger partial charge is 0.399 e. The summed E-state index contributed by atoms with van der Waals surface area (Å²) in [5.74, 6) is 0.677. The lowest BCUT2D eigenvalue weighted by atomic mass is 10.1. The number of sulfonamides is 1. The molecular formula is C12H16N4O3S. The lowest BCUT2D eigenvalue weighted by Crippen LogP contribution is -2.25. The molecule has 108 valence electrons. The van der Waals surface area contributed by atoms with Crippen molar-refractivity contribution in [3.63, 3.8) is 0 Å². The van der Waals surface area contributed by atoms with Gasteiger partial charge in [0.05, 0.1) is 11.4 Å². The summed E-state index contributed by atoms with van der Waals surface area (Å²) in [4.78, 5) is 4.17. The van der Waals surface area contributed by atoms with Crippen molar-refractivity contribution in [3.8, 4) is 0 Å². The van der Waals surface area contributed by atoms with Crippen molar-refractivity contribution in [1.82, 2.24) is 14.9 Å². The van der Waals surface area contributed by atoms with Crippen LogP contribution in [-0.2, 0) is 16.6 Å². The van der Waals surface area contributed by atoms with E-state index in [9.17, 15) is 8.42 Å². The zero-order valence-corrected chi connectivity index (χ0v) is 12.3. The van der Waals surface area contributed by atoms with E-state index in [1.807, 2.05) is 0 Å². The van der Waals surface area contributed by atoms with Crippen LogP contribution in [0.3, 0.4) is 0 Å². The predicted octanol–water partition coefficient (Wildman–Crippen LogP) is 1.06. The summed E-state index contributed by atoms with van der Waals surface area (Å²) in [6.45, 7) is 5.02. The molecule has 8 heteroatoms. The molecule has 7 nitrogen and oxygen atoms in total. The first-order chi connectivity index (χ1) is 9.29. The van der Waals surface area contributed by atoms with Crippen LogP contribution in [0.15, 0.2) is 21.6 Å². The van der Waals surface area contributed by atoms with Gasteiger partial charge in [-0.05, 0) is 37.1 Å². The van der Waals surface area contributed by atoms with E-state index in [0.29, 0.717) is 22.7 Å². The minimum absolute atomic E-state index is 0.0249. The van der Waals surface area contributed by atoms with E-state index in [0.717, 1.165) is 0 Å². The van der Waals surface area contributed by atoms with Gasteiger partial charge < -0.3 is 10.3 Å². The Labute approximate surface area is 117 Å². The Morgan fingerprint density at radius 2 is 1.85 bits per heavy atom. The van der Waals surface area contributed by atoms with Crippen LogP contribution in [0.1, 0.15) is 22.8 Å². The Morgan fingerprint density at radius 1 is 1.25 bits per heavy atom. The second-order valence-corrected chi connectivity index (χ2v) is 6.24. The average Bonchev–Trinajstić information content (AvgIpc) is 2.71. The van der Waals surface area contributed by atoms with Crippen molar-refractivity contribution in [2.24, 2.45) is 0 Å². The van der Waals surface area contributed by atoms with E-state index in [2.05, 4.69) is 14.9 Å². The highest BCUT2D eigenvalue weighted by molar-refractivity contribution is 7.89. The number of benzene rings is 1. The first-order valence-electron chi connectivity index (χ1n) is 5.95. The van der Waals surface area contributed by atoms with E-state index < -0.39 is 10.0 Å². The second-order valence-electron chi connectivity index (χ2n) is 4.54. The smallest absolute Gasteiger partial charge is 0.241 e. The molecule has 0 unspecified atom stereocenters. The highest BCUT2D eigenvalue weighted by Crippen LogP contribution is 2.22. The van der Waals surface area contributed by atoms with Gasteiger partial charge in [-0.3, -0.25) is 0 Å². The maximum Gasteiger partial charge on any atom is 0.241 e. The molecule has 0 fully saturated rings. The van der Waals surface area contributed by atoms with Crippen molar-refractivity contribution in [2.45, 2.75) is 32.2 Å². The monoisotopic (exact) mass is 296 g/mol. The van der Waals surface area contributed by atoms with E-state index in [-0.39, 0.29) is 17.3 Å². The van der Waals surface area contributed by atoms with Crippen molar-refractivity contribution in [3.05, 3.63) is 35.0 Å². The molecule has 0 saturated carbocycles. The third-order valence-electron chi connectivity index (χ3n) is 2.74. The third-order valence-corrected chi connectivity index (χ3v) is 4.45. The van der Waals surface area contributed by atoms with Gasteiger partial charge in [-0.15, -0.1) is 0 Å². The Hall–Kier alpha value is -1.93. The molecule has 0 amide bonds. The summed E-state index contributed by atoms with van der Waals surface area (Å²) in [6, 6.07) is 3.25. The van der Waals surface area contributed by atoms with Gasteiger partial charge in [0, 0.05) is 12.6 Å². The van der Waals surface area contributed by atoms with Gasteiger partial charge in [-0.25, -0.2) is 13.1 Å². The second kappa shape index (κ2) is 5.22. The Bertz CT molecular complexity index is 714. The van der Waals surface area contributed by atoms with Gasteiger partial charge in [0.2, 0.25) is 15.9 Å². The molecule has 0 saturated heterocycles. The van der Waals surface area contributed by atoms with Gasteiger partial charge in [0.25, 0.3) is 0 Å². The lowest BCUT2D eigenvalue weighted by Gasteiger charge is -2.12. The van der Waals surface area contributed by atoms with Crippen molar-refractivity contribution in [1.29, 1.82) is 0 Å². The third kappa shape index (κ3) is 2.97. The van der Waals surface area contributed by atoms with Crippen molar-refractivity contribution >= 4 is 15.7 Å². The molecule has 1 aromatic carbocycles. The van der Waals surface area contributed by atoms with Crippen LogP contribution < -0.4 is 10.5 Å². The highest BCUT2D eigenvalue weighted by atomic mass is 32.2. The van der Waals surface area contributed by atoms with E-state index in [1.165, 1.54) is 0 Å². The molecule has 20 heavy (non-hydrogen) atoms. The molecule has 0 atom stereocenters. The zero-order valence-electron chi connectivity index (χ0n) is 11.5. The number of nitrogens with one attached hydrogen (secondary N) is 1. The van der Waals surface area contributed by atoms with Crippen LogP contribution in [0.25, 0.3) is 0 Å². The van der Waals surface area contributed by atoms with Crippen LogP contribution in [0.5, 0.6) is 0 Å². The van der Waals surface area contributed by atoms with E-state index >= 15 is 0 Å². The maximum atomic E-state index is 12.3. The molecule has 0 aliphatic heterocycles. The fourth-order valence-corrected chi connectivity index (χ4v) is 3.48. The first-order valence-corrected chi connectivity index (χ1v) is 7.43. The van der Waals surface area contributed by atoms with Crippen LogP contribution in [0.4, 0.5) is 5.69 Å². The Morgan fingerprint density at radius 3 is 2.35 bits per heavy atom. The normalized spacial score (nSPS) is 11.8. The molecule has 0 bridgehead atoms. The Balaban J connectivity index is 2.27. The molecule has 1 aromatic heterocycles. The minimum Gasteiger partial charge on any atom is -0.399 e. The van der Waals surface area contributed by atoms with Gasteiger partial charge in [0.15, 0.2) is 5.82 Å². The number of rotatable bonds is 4. The molecular weight excluding hydrogens is 280 g/mol. The Kier molecular flexibility index (Phi) is 3.78. The molecule has 0 radical (unpaired) electrons. The number of nitrogens with two attached hydrogens (primary N) is 1. The number of nitrogen functional groups attached to an aromatic ring is 1. The van der Waals surface area contributed by atoms with Crippen molar-refractivity contribution in [2.75, 3.05) is 5.73 Å². The number of aromatic nitrogens is 2. The summed E-state index contributed by atoms with van der Waals surface area (Å²) >= 11 is 0. The van der Waals surface area contributed by atoms with Crippen LogP contribution in [0.2, 0.25) is 0 Å². The molecule has 1 heterocycles. The number of nitrogens with zero attached hydrogens (tertiary/aromatic N) is 2. The van der Waals surface area contributed by atoms with Crippen LogP contribution >= 0.6 is 0 Å². The summed E-state index contributed by atoms with van der Waals surface area (Å²) in [6.07, 6.45) is 0. The SMILES string of the molecule is Cc1nc(CNS(=O)(=O)c2c(C)cc(N)cc2C)no1. The molecule has 0 spiro atoms. The summed E-state index contributed by atoms with van der Waals surface area (Å²) in [5.41, 5.74) is 7.42. The average molecular weight is 296 g/mol. The lowest BCUT2D eigenvalue weighted by molar-refractivity contribution is 0.387. The predicted molar refractivity (Wildman–Crippen MR) is 73.4 cm³/mol. The fourth-order valence-electron chi connectivity index (χ4n) is 2.05. The molecule has 0 aliphatic carbocycles. The van der Waals surface area contributed by atoms with Gasteiger partial charge in [-0.2, -0.15) is 4.98 Å². The van der Waals surface area contributed by atoms with Gasteiger partial charge in [0.1, 0.15) is 0 Å². The summed E-state index contributed by atoms with van der Waals surface area (Å²) in [7, 11) is -3.65. The zero-order chi connectivity index (χ0) is 14.9. The quantitative estimate of drug-likeness (QED) is 0.816. The summed E-state index contributed by atoms with van der Waals surface area (Å²) in [5, 5.41) is 3.64. The van der Waals surface area contributed by atoms with E-state index in [4.69, 9.17) is 10.3 Å². The van der Waals surface area contributed by atoms with Crippen LogP contribution in [0, 0.1) is 20.8 Å². The van der Waals surface area contributed by atoms with Crippen LogP contribution in [-0.4, -0.2) is 18.6 Å². The number of anilines is 1. The van der Waals surface area contributed by atoms with Crippen molar-refractivity contribution < 1.29 is 12.9 Å². The van der Waals surface area contributed by atoms with Gasteiger partial charge in [-0.1, -0.05) is 5.16 Å². The van der Waals surface area contributed by atoms with Gasteiger partial charge >= 0.3 is 0 Å². The number of hydrogen-bond donors (Lipinski definition) is 2. The highest BCUT2D eigenvalue weighted by Gasteiger charge is 2.20. The molecule has 3 N–H and O–H groups in total.